The van der Waals surface area contributed by atoms with E-state index >= 15 is 0 Å². The summed E-state index contributed by atoms with van der Waals surface area (Å²) < 4.78 is 0. The number of carbonyl (C=O) groups excluding carboxylic acids is 1. The highest BCUT2D eigenvalue weighted by Crippen LogP contribution is 2.27. The van der Waals surface area contributed by atoms with Gasteiger partial charge in [0.2, 0.25) is 0 Å². The fourth-order valence-electron chi connectivity index (χ4n) is 1.41. The van der Waals surface area contributed by atoms with E-state index in [0.717, 1.165) is 5.56 Å². The highest BCUT2D eigenvalue weighted by molar-refractivity contribution is 6.31. The van der Waals surface area contributed by atoms with Crippen molar-refractivity contribution in [2.45, 2.75) is 6.42 Å². The summed E-state index contributed by atoms with van der Waals surface area (Å²) in [6.07, 6.45) is 0.672. The van der Waals surface area contributed by atoms with Crippen molar-refractivity contribution in [2.75, 3.05) is 0 Å². The van der Waals surface area contributed by atoms with Gasteiger partial charge in [-0.05, 0) is 23.3 Å². The van der Waals surface area contributed by atoms with Crippen LogP contribution in [0.4, 0.5) is 0 Å². The van der Waals surface area contributed by atoms with Crippen molar-refractivity contribution in [3.63, 3.8) is 0 Å². The largest absolute Gasteiger partial charge is 0.289 e. The van der Waals surface area contributed by atoms with Gasteiger partial charge in [-0.15, -0.1) is 0 Å². The van der Waals surface area contributed by atoms with Crippen molar-refractivity contribution in [1.82, 2.24) is 0 Å². The maximum absolute atomic E-state index is 11.4. The quantitative estimate of drug-likeness (QED) is 0.559. The molecule has 0 aliphatic heterocycles. The zero-order valence-electron chi connectivity index (χ0n) is 6.43. The summed E-state index contributed by atoms with van der Waals surface area (Å²) in [6.45, 7) is 3.69. The van der Waals surface area contributed by atoms with Crippen molar-refractivity contribution in [3.8, 4) is 0 Å². The monoisotopic (exact) mass is 178 g/mol. The molecule has 1 aliphatic rings. The lowest BCUT2D eigenvalue weighted by atomic mass is 10.1. The molecule has 0 heterocycles. The second-order valence-corrected chi connectivity index (χ2v) is 3.35. The number of hydrogen-bond donors (Lipinski definition) is 0. The van der Waals surface area contributed by atoms with Gasteiger partial charge in [-0.3, -0.25) is 4.79 Å². The van der Waals surface area contributed by atoms with E-state index < -0.39 is 0 Å². The lowest BCUT2D eigenvalue weighted by Gasteiger charge is -1.95. The number of halogens is 1. The minimum absolute atomic E-state index is 0.0347. The molecule has 0 bridgehead atoms. The number of rotatable bonds is 0. The average Bonchev–Trinajstić information content (AvgIpc) is 2.31. The van der Waals surface area contributed by atoms with Crippen LogP contribution in [0, 0.1) is 0 Å². The molecule has 1 nitrogen and oxygen atoms in total. The SMILES string of the molecule is C=C1Cc2ccc(Cl)cc2C1=O. The Kier molecular flexibility index (Phi) is 1.55. The molecule has 0 amide bonds. The first-order valence-electron chi connectivity index (χ1n) is 3.69. The Hall–Kier alpha value is -1.08. The van der Waals surface area contributed by atoms with Crippen LogP contribution in [0.3, 0.4) is 0 Å². The van der Waals surface area contributed by atoms with Crippen LogP contribution < -0.4 is 0 Å². The van der Waals surface area contributed by atoms with Gasteiger partial charge < -0.3 is 0 Å². The van der Waals surface area contributed by atoms with Gasteiger partial charge in [0.15, 0.2) is 5.78 Å². The molecule has 0 aromatic heterocycles. The first kappa shape index (κ1) is 7.56. The standard InChI is InChI=1S/C10H7ClO/c1-6-4-7-2-3-8(11)5-9(7)10(6)12/h2-3,5H,1,4H2. The van der Waals surface area contributed by atoms with E-state index in [4.69, 9.17) is 11.6 Å². The fraction of sp³-hybridized carbons (Fsp3) is 0.100. The fourth-order valence-corrected chi connectivity index (χ4v) is 1.59. The van der Waals surface area contributed by atoms with Gasteiger partial charge in [-0.1, -0.05) is 24.2 Å². The maximum atomic E-state index is 11.4. The summed E-state index contributed by atoms with van der Waals surface area (Å²) in [6, 6.07) is 5.39. The molecule has 0 spiro atoms. The number of fused-ring (bicyclic) bond motifs is 1. The van der Waals surface area contributed by atoms with Gasteiger partial charge >= 0.3 is 0 Å². The van der Waals surface area contributed by atoms with Crippen molar-refractivity contribution in [1.29, 1.82) is 0 Å². The Balaban J connectivity index is 2.63. The van der Waals surface area contributed by atoms with Crippen LogP contribution in [0.2, 0.25) is 5.02 Å². The lowest BCUT2D eigenvalue weighted by molar-refractivity contribution is 0.104. The van der Waals surface area contributed by atoms with Crippen molar-refractivity contribution in [3.05, 3.63) is 46.5 Å². The predicted octanol–water partition coefficient (Wildman–Crippen LogP) is 2.64. The predicted molar refractivity (Wildman–Crippen MR) is 48.6 cm³/mol. The number of benzene rings is 1. The molecule has 1 aromatic rings. The normalized spacial score (nSPS) is 15.1. The van der Waals surface area contributed by atoms with Crippen molar-refractivity contribution < 1.29 is 4.79 Å². The molecule has 0 N–H and O–H groups in total. The van der Waals surface area contributed by atoms with Crippen LogP contribution in [0.1, 0.15) is 15.9 Å². The van der Waals surface area contributed by atoms with Gasteiger partial charge in [0.25, 0.3) is 0 Å². The second-order valence-electron chi connectivity index (χ2n) is 2.91. The molecular weight excluding hydrogens is 172 g/mol. The van der Waals surface area contributed by atoms with Crippen molar-refractivity contribution in [2.24, 2.45) is 0 Å². The number of carbonyl (C=O) groups is 1. The number of allylic oxidation sites excluding steroid dienone is 1. The lowest BCUT2D eigenvalue weighted by Crippen LogP contribution is -1.92. The first-order chi connectivity index (χ1) is 5.68. The van der Waals surface area contributed by atoms with E-state index in [2.05, 4.69) is 6.58 Å². The second kappa shape index (κ2) is 2.46. The summed E-state index contributed by atoms with van der Waals surface area (Å²) in [5.74, 6) is 0.0347. The minimum Gasteiger partial charge on any atom is -0.289 e. The van der Waals surface area contributed by atoms with Gasteiger partial charge in [-0.2, -0.15) is 0 Å². The molecule has 1 aromatic carbocycles. The molecule has 0 unspecified atom stereocenters. The molecule has 0 radical (unpaired) electrons. The third kappa shape index (κ3) is 0.978. The highest BCUT2D eigenvalue weighted by atomic mass is 35.5. The Morgan fingerprint density at radius 1 is 1.42 bits per heavy atom. The van der Waals surface area contributed by atoms with Crippen LogP contribution in [-0.4, -0.2) is 5.78 Å². The van der Waals surface area contributed by atoms with E-state index in [1.807, 2.05) is 6.07 Å². The van der Waals surface area contributed by atoms with E-state index in [0.29, 0.717) is 22.6 Å². The van der Waals surface area contributed by atoms with Crippen LogP contribution in [0.25, 0.3) is 0 Å². The topological polar surface area (TPSA) is 17.1 Å². The van der Waals surface area contributed by atoms with Crippen molar-refractivity contribution >= 4 is 17.4 Å². The van der Waals surface area contributed by atoms with Crippen LogP contribution in [0.5, 0.6) is 0 Å². The van der Waals surface area contributed by atoms with E-state index in [-0.39, 0.29) is 5.78 Å². The van der Waals surface area contributed by atoms with Gasteiger partial charge in [0.05, 0.1) is 0 Å². The minimum atomic E-state index is 0.0347. The molecule has 0 saturated heterocycles. The molecule has 0 fully saturated rings. The summed E-state index contributed by atoms with van der Waals surface area (Å²) in [4.78, 5) is 11.4. The summed E-state index contributed by atoms with van der Waals surface area (Å²) in [7, 11) is 0. The molecule has 2 heteroatoms. The summed E-state index contributed by atoms with van der Waals surface area (Å²) >= 11 is 5.75. The molecule has 12 heavy (non-hydrogen) atoms. The molecule has 0 saturated carbocycles. The average molecular weight is 179 g/mol. The zero-order chi connectivity index (χ0) is 8.72. The molecule has 1 aliphatic carbocycles. The first-order valence-corrected chi connectivity index (χ1v) is 4.07. The number of ketones is 1. The molecule has 60 valence electrons. The van der Waals surface area contributed by atoms with Crippen LogP contribution >= 0.6 is 11.6 Å². The van der Waals surface area contributed by atoms with E-state index in [9.17, 15) is 4.79 Å². The summed E-state index contributed by atoms with van der Waals surface area (Å²) in [5.41, 5.74) is 2.41. The Labute approximate surface area is 75.7 Å². The molecule has 0 atom stereocenters. The molecular formula is C10H7ClO. The van der Waals surface area contributed by atoms with E-state index in [1.54, 1.807) is 12.1 Å². The Morgan fingerprint density at radius 3 is 2.92 bits per heavy atom. The third-order valence-electron chi connectivity index (χ3n) is 2.04. The van der Waals surface area contributed by atoms with Gasteiger partial charge in [0, 0.05) is 17.0 Å². The molecule has 2 rings (SSSR count). The summed E-state index contributed by atoms with van der Waals surface area (Å²) in [5, 5.41) is 0.608. The van der Waals surface area contributed by atoms with E-state index in [1.165, 1.54) is 0 Å². The zero-order valence-corrected chi connectivity index (χ0v) is 7.19. The third-order valence-corrected chi connectivity index (χ3v) is 2.28. The Bertz CT molecular complexity index is 379. The maximum Gasteiger partial charge on any atom is 0.189 e. The smallest absolute Gasteiger partial charge is 0.189 e. The Morgan fingerprint density at radius 2 is 2.17 bits per heavy atom. The number of Topliss-reactive ketones (excluding diaryl/α,β-unsaturated/α-hetero) is 1. The highest BCUT2D eigenvalue weighted by Gasteiger charge is 2.22. The number of hydrogen-bond acceptors (Lipinski definition) is 1. The van der Waals surface area contributed by atoms with Crippen LogP contribution in [-0.2, 0) is 6.42 Å². The van der Waals surface area contributed by atoms with Gasteiger partial charge in [0.1, 0.15) is 0 Å². The van der Waals surface area contributed by atoms with Gasteiger partial charge in [-0.25, -0.2) is 0 Å². The van der Waals surface area contributed by atoms with Crippen LogP contribution in [0.15, 0.2) is 30.4 Å².